The van der Waals surface area contributed by atoms with Crippen LogP contribution in [0, 0.1) is 0 Å². The van der Waals surface area contributed by atoms with E-state index in [9.17, 15) is 0 Å². The van der Waals surface area contributed by atoms with Gasteiger partial charge in [0.15, 0.2) is 0 Å². The third-order valence-electron chi connectivity index (χ3n) is 0.880. The van der Waals surface area contributed by atoms with E-state index in [2.05, 4.69) is 13.2 Å². The zero-order chi connectivity index (χ0) is 9.66. The molecule has 80 valence electrons. The molecule has 0 rings (SSSR count). The molecule has 0 saturated heterocycles. The van der Waals surface area contributed by atoms with Crippen LogP contribution in [0.4, 0.5) is 0 Å². The molecule has 0 bridgehead atoms. The van der Waals surface area contributed by atoms with Crippen LogP contribution in [0.3, 0.4) is 0 Å². The average molecular weight is 190 g/mol. The highest BCUT2D eigenvalue weighted by molar-refractivity contribution is 4.63. The summed E-state index contributed by atoms with van der Waals surface area (Å²) < 4.78 is 9.73. The number of hydrogen-bond acceptors (Lipinski definition) is 2. The second kappa shape index (κ2) is 22.5. The average Bonchev–Trinajstić information content (AvgIpc) is 2.12. The van der Waals surface area contributed by atoms with E-state index in [-0.39, 0.29) is 5.48 Å². The summed E-state index contributed by atoms with van der Waals surface area (Å²) in [4.78, 5) is 0. The Hall–Kier alpha value is -0.640. The smallest absolute Gasteiger partial charge is 0.0644 e. The summed E-state index contributed by atoms with van der Waals surface area (Å²) in [6.45, 7) is 13.8. The lowest BCUT2D eigenvalue weighted by atomic mass is 10.7. The molecule has 0 aromatic heterocycles. The van der Waals surface area contributed by atoms with Crippen molar-refractivity contribution in [2.45, 2.75) is 13.8 Å². The van der Waals surface area contributed by atoms with E-state index < -0.39 is 0 Å². The molecule has 0 heterocycles. The van der Waals surface area contributed by atoms with Crippen molar-refractivity contribution in [3.05, 3.63) is 25.3 Å². The van der Waals surface area contributed by atoms with Crippen LogP contribution in [0.15, 0.2) is 25.3 Å². The Labute approximate surface area is 81.4 Å². The summed E-state index contributed by atoms with van der Waals surface area (Å²) in [6.07, 6.45) is 3.48. The van der Waals surface area contributed by atoms with Gasteiger partial charge in [0, 0.05) is 13.2 Å². The third-order valence-corrected chi connectivity index (χ3v) is 0.880. The van der Waals surface area contributed by atoms with Crippen LogP contribution in [0.25, 0.3) is 0 Å². The molecule has 0 aliphatic rings. The molecule has 0 radical (unpaired) electrons. The molecule has 0 atom stereocenters. The normalized spacial score (nSPS) is 7.54. The molecule has 13 heavy (non-hydrogen) atoms. The van der Waals surface area contributed by atoms with Gasteiger partial charge < -0.3 is 14.9 Å². The molecule has 3 nitrogen and oxygen atoms in total. The van der Waals surface area contributed by atoms with Crippen molar-refractivity contribution in [2.75, 3.05) is 26.4 Å². The van der Waals surface area contributed by atoms with Crippen LogP contribution in [0.5, 0.6) is 0 Å². The Kier molecular flexibility index (Phi) is 31.5. The van der Waals surface area contributed by atoms with Crippen molar-refractivity contribution in [2.24, 2.45) is 0 Å². The van der Waals surface area contributed by atoms with Crippen LogP contribution >= 0.6 is 0 Å². The Morgan fingerprint density at radius 3 is 1.31 bits per heavy atom. The van der Waals surface area contributed by atoms with Crippen LogP contribution in [-0.4, -0.2) is 31.9 Å². The summed E-state index contributed by atoms with van der Waals surface area (Å²) in [5, 5.41) is 0. The quantitative estimate of drug-likeness (QED) is 0.472. The summed E-state index contributed by atoms with van der Waals surface area (Å²) in [5.74, 6) is 0. The summed E-state index contributed by atoms with van der Waals surface area (Å²) in [6, 6.07) is 0. The number of ether oxygens (including phenoxy) is 2. The Bertz CT molecular complexity index is 80.2. The maximum absolute atomic E-state index is 4.86. The van der Waals surface area contributed by atoms with Gasteiger partial charge in [-0.25, -0.2) is 0 Å². The minimum absolute atomic E-state index is 0. The van der Waals surface area contributed by atoms with E-state index in [1.54, 1.807) is 12.2 Å². The van der Waals surface area contributed by atoms with Crippen LogP contribution in [0.2, 0.25) is 0 Å². The highest BCUT2D eigenvalue weighted by Gasteiger charge is 1.68. The van der Waals surface area contributed by atoms with Gasteiger partial charge >= 0.3 is 0 Å². The van der Waals surface area contributed by atoms with E-state index in [0.29, 0.717) is 13.2 Å². The molecule has 0 aliphatic carbocycles. The van der Waals surface area contributed by atoms with Gasteiger partial charge in [-0.1, -0.05) is 12.2 Å². The Balaban J connectivity index is -0.000000143. The lowest BCUT2D eigenvalue weighted by molar-refractivity contribution is 0.177. The lowest BCUT2D eigenvalue weighted by Gasteiger charge is -1.88. The van der Waals surface area contributed by atoms with Crippen LogP contribution < -0.4 is 0 Å². The van der Waals surface area contributed by atoms with Crippen LogP contribution in [0.1, 0.15) is 13.8 Å². The fraction of sp³-hybridized carbons (Fsp3) is 0.600. The molecular formula is C10H22O3. The van der Waals surface area contributed by atoms with Gasteiger partial charge in [0.2, 0.25) is 0 Å². The molecule has 0 aromatic rings. The maximum Gasteiger partial charge on any atom is 0.0644 e. The number of rotatable bonds is 6. The van der Waals surface area contributed by atoms with Gasteiger partial charge in [-0.2, -0.15) is 0 Å². The van der Waals surface area contributed by atoms with Gasteiger partial charge in [-0.3, -0.25) is 0 Å². The molecular weight excluding hydrogens is 168 g/mol. The monoisotopic (exact) mass is 190 g/mol. The molecule has 0 fully saturated rings. The lowest BCUT2D eigenvalue weighted by Crippen LogP contribution is -1.86. The van der Waals surface area contributed by atoms with Crippen LogP contribution in [-0.2, 0) is 9.47 Å². The largest absolute Gasteiger partial charge is 0.412 e. The van der Waals surface area contributed by atoms with Gasteiger partial charge in [0.1, 0.15) is 0 Å². The van der Waals surface area contributed by atoms with E-state index in [0.717, 1.165) is 13.2 Å². The second-order valence-corrected chi connectivity index (χ2v) is 1.90. The van der Waals surface area contributed by atoms with Gasteiger partial charge in [-0.05, 0) is 13.8 Å². The summed E-state index contributed by atoms with van der Waals surface area (Å²) in [7, 11) is 0. The first-order valence-corrected chi connectivity index (χ1v) is 4.20. The molecule has 0 spiro atoms. The SMILES string of the molecule is C=CCOCC.C=CCOCC.O. The zero-order valence-corrected chi connectivity index (χ0v) is 8.71. The van der Waals surface area contributed by atoms with Crippen molar-refractivity contribution in [3.63, 3.8) is 0 Å². The standard InChI is InChI=1S/2C5H10O.H2O/c2*1-3-5-6-4-2;/h2*3H,1,4-5H2,2H3;1H2. The first kappa shape index (κ1) is 18.2. The predicted molar refractivity (Wildman–Crippen MR) is 57.0 cm³/mol. The fourth-order valence-electron chi connectivity index (χ4n) is 0.402. The Morgan fingerprint density at radius 2 is 1.23 bits per heavy atom. The predicted octanol–water partition coefficient (Wildman–Crippen LogP) is 1.59. The minimum atomic E-state index is 0. The second-order valence-electron chi connectivity index (χ2n) is 1.90. The van der Waals surface area contributed by atoms with Gasteiger partial charge in [-0.15, -0.1) is 13.2 Å². The molecule has 2 N–H and O–H groups in total. The van der Waals surface area contributed by atoms with E-state index in [1.807, 2.05) is 13.8 Å². The minimum Gasteiger partial charge on any atom is -0.412 e. The summed E-state index contributed by atoms with van der Waals surface area (Å²) in [5.41, 5.74) is 0. The molecule has 3 heteroatoms. The first-order chi connectivity index (χ1) is 5.83. The summed E-state index contributed by atoms with van der Waals surface area (Å²) >= 11 is 0. The zero-order valence-electron chi connectivity index (χ0n) is 8.71. The Morgan fingerprint density at radius 1 is 0.923 bits per heavy atom. The molecule has 0 saturated carbocycles. The topological polar surface area (TPSA) is 50.0 Å². The highest BCUT2D eigenvalue weighted by atomic mass is 16.5. The van der Waals surface area contributed by atoms with E-state index in [1.165, 1.54) is 0 Å². The number of hydrogen-bond donors (Lipinski definition) is 0. The molecule has 0 unspecified atom stereocenters. The first-order valence-electron chi connectivity index (χ1n) is 4.20. The maximum atomic E-state index is 4.86. The van der Waals surface area contributed by atoms with Crippen molar-refractivity contribution in [3.8, 4) is 0 Å². The van der Waals surface area contributed by atoms with E-state index >= 15 is 0 Å². The molecule has 0 aliphatic heterocycles. The molecule has 0 aromatic carbocycles. The van der Waals surface area contributed by atoms with E-state index in [4.69, 9.17) is 9.47 Å². The fourth-order valence-corrected chi connectivity index (χ4v) is 0.402. The van der Waals surface area contributed by atoms with Crippen molar-refractivity contribution in [1.29, 1.82) is 0 Å². The van der Waals surface area contributed by atoms with Crippen molar-refractivity contribution in [1.82, 2.24) is 0 Å². The highest BCUT2D eigenvalue weighted by Crippen LogP contribution is 1.69. The van der Waals surface area contributed by atoms with Gasteiger partial charge in [0.05, 0.1) is 13.2 Å². The van der Waals surface area contributed by atoms with Gasteiger partial charge in [0.25, 0.3) is 0 Å². The van der Waals surface area contributed by atoms with Crippen molar-refractivity contribution < 1.29 is 14.9 Å². The van der Waals surface area contributed by atoms with Crippen molar-refractivity contribution >= 4 is 0 Å². The molecule has 0 amide bonds. The third kappa shape index (κ3) is 34.6.